The van der Waals surface area contributed by atoms with Crippen molar-refractivity contribution in [2.24, 2.45) is 0 Å². The first-order chi connectivity index (χ1) is 11.2. The van der Waals surface area contributed by atoms with Crippen molar-refractivity contribution in [2.45, 2.75) is 11.8 Å². The highest BCUT2D eigenvalue weighted by atomic mass is 32.2. The molecule has 0 fully saturated rings. The molecular weight excluding hydrogens is 308 g/mol. The Bertz CT molecular complexity index is 734. The van der Waals surface area contributed by atoms with E-state index in [1.54, 1.807) is 36.6 Å². The zero-order valence-electron chi connectivity index (χ0n) is 12.9. The molecule has 23 heavy (non-hydrogen) atoms. The standard InChI is InChI=1S/C19H18O3S/c1-3-22-19(21)18(17(20)15-11-7-5-8-12-15)23(4-2)16-13-9-6-10-14-16/h4-14H,2-3H2,1H3. The maximum Gasteiger partial charge on any atom is 0.348 e. The molecular formula is C19H18O3S. The summed E-state index contributed by atoms with van der Waals surface area (Å²) < 4.78 is 5.11. The van der Waals surface area contributed by atoms with Crippen LogP contribution >= 0.6 is 10.5 Å². The first kappa shape index (κ1) is 16.9. The molecule has 0 heterocycles. The maximum absolute atomic E-state index is 12.9. The Hall–Kier alpha value is -2.46. The zero-order valence-corrected chi connectivity index (χ0v) is 13.7. The van der Waals surface area contributed by atoms with Gasteiger partial charge in [-0.25, -0.2) is 4.79 Å². The summed E-state index contributed by atoms with van der Waals surface area (Å²) in [7, 11) is -0.838. The molecule has 0 bridgehead atoms. The van der Waals surface area contributed by atoms with Crippen molar-refractivity contribution >= 4 is 27.1 Å². The number of ketones is 1. The summed E-state index contributed by atoms with van der Waals surface area (Å²) >= 11 is 0. The SMILES string of the molecule is C=C/S(=C(/C(=O)OCC)C(=O)c1ccccc1)c1ccccc1. The average molecular weight is 326 g/mol. The van der Waals surface area contributed by atoms with Crippen LogP contribution in [0.1, 0.15) is 17.3 Å². The van der Waals surface area contributed by atoms with Gasteiger partial charge in [-0.15, -0.1) is 10.5 Å². The van der Waals surface area contributed by atoms with Crippen molar-refractivity contribution in [3.63, 3.8) is 0 Å². The van der Waals surface area contributed by atoms with E-state index in [1.165, 1.54) is 0 Å². The molecule has 0 spiro atoms. The quantitative estimate of drug-likeness (QED) is 0.348. The van der Waals surface area contributed by atoms with E-state index in [-0.39, 0.29) is 17.3 Å². The molecule has 0 aromatic heterocycles. The molecule has 0 radical (unpaired) electrons. The first-order valence-corrected chi connectivity index (χ1v) is 8.52. The fourth-order valence-corrected chi connectivity index (χ4v) is 3.67. The summed E-state index contributed by atoms with van der Waals surface area (Å²) in [4.78, 5) is 26.2. The molecule has 0 amide bonds. The summed E-state index contributed by atoms with van der Waals surface area (Å²) in [5, 5.41) is 1.63. The van der Waals surface area contributed by atoms with Crippen LogP contribution in [0.3, 0.4) is 0 Å². The van der Waals surface area contributed by atoms with Crippen LogP contribution in [-0.2, 0) is 9.53 Å². The Morgan fingerprint density at radius 1 is 1.04 bits per heavy atom. The molecule has 1 unspecified atom stereocenters. The summed E-state index contributed by atoms with van der Waals surface area (Å²) in [5.41, 5.74) is 0.464. The zero-order chi connectivity index (χ0) is 16.7. The number of hydrogen-bond acceptors (Lipinski definition) is 3. The minimum Gasteiger partial charge on any atom is -0.462 e. The van der Waals surface area contributed by atoms with Gasteiger partial charge in [-0.2, -0.15) is 0 Å². The highest BCUT2D eigenvalue weighted by molar-refractivity contribution is 8.20. The van der Waals surface area contributed by atoms with E-state index in [0.29, 0.717) is 5.56 Å². The molecule has 2 rings (SSSR count). The molecule has 1 atom stereocenters. The summed E-state index contributed by atoms with van der Waals surface area (Å²) in [6, 6.07) is 18.1. The predicted octanol–water partition coefficient (Wildman–Crippen LogP) is 4.08. The van der Waals surface area contributed by atoms with Crippen LogP contribution in [0.5, 0.6) is 0 Å². The van der Waals surface area contributed by atoms with Gasteiger partial charge in [-0.05, 0) is 24.5 Å². The van der Waals surface area contributed by atoms with Crippen molar-refractivity contribution in [3.8, 4) is 0 Å². The number of carbonyl (C=O) groups is 2. The highest BCUT2D eigenvalue weighted by Crippen LogP contribution is 2.30. The fourth-order valence-electron chi connectivity index (χ4n) is 2.06. The second kappa shape index (κ2) is 8.25. The average Bonchev–Trinajstić information content (AvgIpc) is 2.60. The summed E-state index contributed by atoms with van der Waals surface area (Å²) in [6.07, 6.45) is 0. The van der Waals surface area contributed by atoms with Crippen molar-refractivity contribution < 1.29 is 14.3 Å². The minimum absolute atomic E-state index is 0.110. The van der Waals surface area contributed by atoms with Gasteiger partial charge in [0, 0.05) is 10.5 Å². The molecule has 0 aliphatic heterocycles. The van der Waals surface area contributed by atoms with Crippen LogP contribution in [0, 0.1) is 0 Å². The third-order valence-electron chi connectivity index (χ3n) is 3.09. The second-order valence-electron chi connectivity index (χ2n) is 4.56. The summed E-state index contributed by atoms with van der Waals surface area (Å²) in [6.45, 7) is 5.74. The summed E-state index contributed by atoms with van der Waals surface area (Å²) in [5.74, 6) is -0.912. The molecule has 2 aromatic rings. The van der Waals surface area contributed by atoms with E-state index in [1.807, 2.05) is 36.4 Å². The third kappa shape index (κ3) is 4.05. The van der Waals surface area contributed by atoms with E-state index < -0.39 is 16.5 Å². The van der Waals surface area contributed by atoms with E-state index in [2.05, 4.69) is 6.58 Å². The number of benzene rings is 2. The lowest BCUT2D eigenvalue weighted by Crippen LogP contribution is -2.26. The number of hydrogen-bond donors (Lipinski definition) is 0. The van der Waals surface area contributed by atoms with Gasteiger partial charge in [-0.1, -0.05) is 55.1 Å². The van der Waals surface area contributed by atoms with Crippen LogP contribution < -0.4 is 0 Å². The minimum atomic E-state index is -0.838. The Morgan fingerprint density at radius 3 is 2.13 bits per heavy atom. The van der Waals surface area contributed by atoms with Crippen LogP contribution in [0.4, 0.5) is 0 Å². The molecule has 3 nitrogen and oxygen atoms in total. The Balaban J connectivity index is 2.61. The number of ether oxygens (including phenoxy) is 1. The van der Waals surface area contributed by atoms with Crippen LogP contribution in [-0.4, -0.2) is 23.2 Å². The molecule has 0 aliphatic rings. The van der Waals surface area contributed by atoms with Crippen LogP contribution in [0.25, 0.3) is 0 Å². The Labute approximate surface area is 138 Å². The molecule has 118 valence electrons. The fraction of sp³-hybridized carbons (Fsp3) is 0.105. The van der Waals surface area contributed by atoms with Crippen molar-refractivity contribution in [2.75, 3.05) is 6.61 Å². The van der Waals surface area contributed by atoms with E-state index in [0.717, 1.165) is 4.90 Å². The predicted molar refractivity (Wildman–Crippen MR) is 94.9 cm³/mol. The lowest BCUT2D eigenvalue weighted by molar-refractivity contribution is -0.134. The first-order valence-electron chi connectivity index (χ1n) is 7.23. The van der Waals surface area contributed by atoms with Gasteiger partial charge < -0.3 is 4.74 Å². The Morgan fingerprint density at radius 2 is 1.61 bits per heavy atom. The lowest BCUT2D eigenvalue weighted by Gasteiger charge is -2.12. The van der Waals surface area contributed by atoms with Gasteiger partial charge in [0.1, 0.15) is 4.86 Å². The second-order valence-corrected chi connectivity index (χ2v) is 6.45. The topological polar surface area (TPSA) is 43.4 Å². The van der Waals surface area contributed by atoms with Gasteiger partial charge in [0.05, 0.1) is 6.61 Å². The smallest absolute Gasteiger partial charge is 0.348 e. The third-order valence-corrected chi connectivity index (χ3v) is 4.99. The molecule has 0 N–H and O–H groups in total. The van der Waals surface area contributed by atoms with Crippen LogP contribution in [0.2, 0.25) is 0 Å². The van der Waals surface area contributed by atoms with E-state index in [9.17, 15) is 9.59 Å². The van der Waals surface area contributed by atoms with Gasteiger partial charge in [0.25, 0.3) is 0 Å². The molecule has 4 heteroatoms. The maximum atomic E-state index is 12.9. The highest BCUT2D eigenvalue weighted by Gasteiger charge is 2.25. The number of esters is 1. The van der Waals surface area contributed by atoms with Gasteiger partial charge in [0.15, 0.2) is 0 Å². The normalized spacial score (nSPS) is 12.1. The Kier molecular flexibility index (Phi) is 6.06. The molecule has 2 aromatic carbocycles. The van der Waals surface area contributed by atoms with Crippen molar-refractivity contribution in [1.82, 2.24) is 0 Å². The van der Waals surface area contributed by atoms with Gasteiger partial charge in [-0.3, -0.25) is 4.79 Å². The largest absolute Gasteiger partial charge is 0.462 e. The number of rotatable bonds is 6. The van der Waals surface area contributed by atoms with Crippen molar-refractivity contribution in [1.29, 1.82) is 0 Å². The number of Topliss-reactive ketones (excluding diaryl/α,β-unsaturated/α-hetero) is 1. The molecule has 0 saturated carbocycles. The van der Waals surface area contributed by atoms with E-state index >= 15 is 0 Å². The molecule has 0 aliphatic carbocycles. The van der Waals surface area contributed by atoms with Gasteiger partial charge >= 0.3 is 5.97 Å². The van der Waals surface area contributed by atoms with Crippen LogP contribution in [0.15, 0.2) is 77.5 Å². The lowest BCUT2D eigenvalue weighted by atomic mass is 10.1. The van der Waals surface area contributed by atoms with Gasteiger partial charge in [0.2, 0.25) is 5.78 Å². The molecule has 0 saturated heterocycles. The monoisotopic (exact) mass is 326 g/mol. The van der Waals surface area contributed by atoms with Crippen molar-refractivity contribution in [3.05, 3.63) is 78.2 Å². The van der Waals surface area contributed by atoms with E-state index in [4.69, 9.17) is 4.74 Å². The number of carbonyl (C=O) groups excluding carboxylic acids is 2.